The minimum absolute atomic E-state index is 0.861. The molecule has 0 spiro atoms. The van der Waals surface area contributed by atoms with Gasteiger partial charge < -0.3 is 4.42 Å². The van der Waals surface area contributed by atoms with Crippen LogP contribution in [-0.2, 0) is 6.42 Å². The molecule has 0 amide bonds. The van der Waals surface area contributed by atoms with Gasteiger partial charge in [0, 0.05) is 5.56 Å². The zero-order valence-electron chi connectivity index (χ0n) is 4.65. The molecule has 0 radical (unpaired) electrons. The van der Waals surface area contributed by atoms with E-state index in [0.29, 0.717) is 0 Å². The molecular formula is C6H7BrO. The second kappa shape index (κ2) is 2.35. The van der Waals surface area contributed by atoms with Gasteiger partial charge in [-0.05, 0) is 28.4 Å². The van der Waals surface area contributed by atoms with E-state index in [1.807, 2.05) is 6.07 Å². The van der Waals surface area contributed by atoms with Gasteiger partial charge in [0.05, 0.1) is 6.26 Å². The number of aryl methyl sites for hydroxylation is 1. The van der Waals surface area contributed by atoms with Crippen LogP contribution in [0.15, 0.2) is 21.4 Å². The molecule has 1 rings (SSSR count). The predicted octanol–water partition coefficient (Wildman–Crippen LogP) is 2.60. The van der Waals surface area contributed by atoms with Crippen molar-refractivity contribution in [2.45, 2.75) is 13.3 Å². The summed E-state index contributed by atoms with van der Waals surface area (Å²) in [6, 6.07) is 1.96. The first-order valence-electron chi connectivity index (χ1n) is 2.56. The predicted molar refractivity (Wildman–Crippen MR) is 35.8 cm³/mol. The molecule has 1 aromatic rings. The molecule has 0 N–H and O–H groups in total. The lowest BCUT2D eigenvalue weighted by Gasteiger charge is -1.84. The zero-order valence-corrected chi connectivity index (χ0v) is 6.23. The van der Waals surface area contributed by atoms with Gasteiger partial charge in [0.2, 0.25) is 0 Å². The minimum atomic E-state index is 0.861. The van der Waals surface area contributed by atoms with Crippen molar-refractivity contribution in [1.82, 2.24) is 0 Å². The van der Waals surface area contributed by atoms with Crippen LogP contribution in [0.4, 0.5) is 0 Å². The van der Waals surface area contributed by atoms with Gasteiger partial charge in [-0.15, -0.1) is 0 Å². The van der Waals surface area contributed by atoms with Crippen LogP contribution in [0, 0.1) is 0 Å². The second-order valence-electron chi connectivity index (χ2n) is 1.57. The maximum absolute atomic E-state index is 4.97. The molecule has 0 unspecified atom stereocenters. The topological polar surface area (TPSA) is 13.1 Å². The molecule has 0 fully saturated rings. The lowest BCUT2D eigenvalue weighted by Crippen LogP contribution is -1.71. The van der Waals surface area contributed by atoms with E-state index in [9.17, 15) is 0 Å². The van der Waals surface area contributed by atoms with Crippen LogP contribution in [0.3, 0.4) is 0 Å². The molecule has 1 aromatic heterocycles. The summed E-state index contributed by atoms with van der Waals surface area (Å²) < 4.78 is 5.83. The highest BCUT2D eigenvalue weighted by Gasteiger charge is 1.96. The average molecular weight is 175 g/mol. The first-order valence-corrected chi connectivity index (χ1v) is 3.35. The molecule has 44 valence electrons. The summed E-state index contributed by atoms with van der Waals surface area (Å²) in [5.41, 5.74) is 1.23. The van der Waals surface area contributed by atoms with Gasteiger partial charge in [0.1, 0.15) is 0 Å². The molecule has 1 heterocycles. The maximum Gasteiger partial charge on any atom is 0.172 e. The molecule has 1 nitrogen and oxygen atoms in total. The van der Waals surface area contributed by atoms with Crippen LogP contribution in [-0.4, -0.2) is 0 Å². The molecular weight excluding hydrogens is 168 g/mol. The van der Waals surface area contributed by atoms with Crippen molar-refractivity contribution in [3.63, 3.8) is 0 Å². The van der Waals surface area contributed by atoms with Gasteiger partial charge in [0.25, 0.3) is 0 Å². The van der Waals surface area contributed by atoms with Crippen LogP contribution in [0.2, 0.25) is 0 Å². The number of halogens is 1. The van der Waals surface area contributed by atoms with Crippen LogP contribution in [0.5, 0.6) is 0 Å². The largest absolute Gasteiger partial charge is 0.457 e. The van der Waals surface area contributed by atoms with Crippen molar-refractivity contribution in [2.24, 2.45) is 0 Å². The van der Waals surface area contributed by atoms with Gasteiger partial charge in [-0.25, -0.2) is 0 Å². The van der Waals surface area contributed by atoms with Gasteiger partial charge in [-0.1, -0.05) is 6.92 Å². The third-order valence-electron chi connectivity index (χ3n) is 1.07. The quantitative estimate of drug-likeness (QED) is 0.639. The first-order chi connectivity index (χ1) is 3.84. The summed E-state index contributed by atoms with van der Waals surface area (Å²) >= 11 is 3.26. The number of hydrogen-bond acceptors (Lipinski definition) is 1. The smallest absolute Gasteiger partial charge is 0.172 e. The Morgan fingerprint density at radius 1 is 1.75 bits per heavy atom. The summed E-state index contributed by atoms with van der Waals surface area (Å²) in [5.74, 6) is 0. The summed E-state index contributed by atoms with van der Waals surface area (Å²) in [4.78, 5) is 0. The summed E-state index contributed by atoms with van der Waals surface area (Å²) in [6.07, 6.45) is 2.71. The molecule has 0 aromatic carbocycles. The number of rotatable bonds is 1. The second-order valence-corrected chi connectivity index (χ2v) is 2.29. The van der Waals surface area contributed by atoms with Gasteiger partial charge in [-0.3, -0.25) is 0 Å². The van der Waals surface area contributed by atoms with Crippen molar-refractivity contribution >= 4 is 15.9 Å². The Balaban J connectivity index is 2.92. The maximum atomic E-state index is 4.97. The Hall–Kier alpha value is -0.240. The molecule has 0 aliphatic rings. The van der Waals surface area contributed by atoms with Crippen molar-refractivity contribution < 1.29 is 4.42 Å². The Morgan fingerprint density at radius 3 is 2.75 bits per heavy atom. The summed E-state index contributed by atoms with van der Waals surface area (Å²) in [6.45, 7) is 2.09. The van der Waals surface area contributed by atoms with Crippen LogP contribution >= 0.6 is 15.9 Å². The van der Waals surface area contributed by atoms with Gasteiger partial charge in [0.15, 0.2) is 4.67 Å². The van der Waals surface area contributed by atoms with Crippen LogP contribution < -0.4 is 0 Å². The Kier molecular flexibility index (Phi) is 1.73. The van der Waals surface area contributed by atoms with Crippen molar-refractivity contribution in [2.75, 3.05) is 0 Å². The van der Waals surface area contributed by atoms with Crippen molar-refractivity contribution in [3.8, 4) is 0 Å². The van der Waals surface area contributed by atoms with Gasteiger partial charge in [-0.2, -0.15) is 0 Å². The van der Waals surface area contributed by atoms with Crippen LogP contribution in [0.25, 0.3) is 0 Å². The Labute approximate surface area is 56.8 Å². The summed E-state index contributed by atoms with van der Waals surface area (Å²) in [7, 11) is 0. The monoisotopic (exact) mass is 174 g/mol. The number of hydrogen-bond donors (Lipinski definition) is 0. The minimum Gasteiger partial charge on any atom is -0.457 e. The highest BCUT2D eigenvalue weighted by molar-refractivity contribution is 9.10. The standard InChI is InChI=1S/C6H7BrO/c1-2-5-3-4-8-6(5)7/h3-4H,2H2,1H3. The molecule has 0 atom stereocenters. The third-order valence-corrected chi connectivity index (χ3v) is 1.77. The lowest BCUT2D eigenvalue weighted by molar-refractivity contribution is 0.537. The molecule has 0 bridgehead atoms. The van der Waals surface area contributed by atoms with E-state index in [2.05, 4.69) is 22.9 Å². The Morgan fingerprint density at radius 2 is 2.50 bits per heavy atom. The average Bonchev–Trinajstić information content (AvgIpc) is 2.14. The van der Waals surface area contributed by atoms with Crippen molar-refractivity contribution in [1.29, 1.82) is 0 Å². The van der Waals surface area contributed by atoms with E-state index < -0.39 is 0 Å². The fraction of sp³-hybridized carbons (Fsp3) is 0.333. The van der Waals surface area contributed by atoms with E-state index in [1.54, 1.807) is 6.26 Å². The Bertz CT molecular complexity index is 169. The number of furan rings is 1. The lowest BCUT2D eigenvalue weighted by atomic mass is 10.3. The normalized spacial score (nSPS) is 9.75. The SMILES string of the molecule is CCc1ccoc1Br. The fourth-order valence-corrected chi connectivity index (χ4v) is 1.09. The molecule has 0 saturated heterocycles. The van der Waals surface area contributed by atoms with E-state index in [1.165, 1.54) is 5.56 Å². The fourth-order valence-electron chi connectivity index (χ4n) is 0.574. The molecule has 0 saturated carbocycles. The highest BCUT2D eigenvalue weighted by atomic mass is 79.9. The van der Waals surface area contributed by atoms with Crippen LogP contribution in [0.1, 0.15) is 12.5 Å². The highest BCUT2D eigenvalue weighted by Crippen LogP contribution is 2.16. The zero-order chi connectivity index (χ0) is 5.98. The first kappa shape index (κ1) is 5.89. The molecule has 8 heavy (non-hydrogen) atoms. The van der Waals surface area contributed by atoms with E-state index >= 15 is 0 Å². The van der Waals surface area contributed by atoms with E-state index in [-0.39, 0.29) is 0 Å². The van der Waals surface area contributed by atoms with E-state index in [4.69, 9.17) is 4.42 Å². The molecule has 0 aliphatic heterocycles. The summed E-state index contributed by atoms with van der Waals surface area (Å²) in [5, 5.41) is 0. The van der Waals surface area contributed by atoms with Gasteiger partial charge >= 0.3 is 0 Å². The van der Waals surface area contributed by atoms with E-state index in [0.717, 1.165) is 11.1 Å². The molecule has 0 aliphatic carbocycles. The molecule has 2 heteroatoms. The van der Waals surface area contributed by atoms with Crippen molar-refractivity contribution in [3.05, 3.63) is 22.6 Å². The third kappa shape index (κ3) is 0.944.